The highest BCUT2D eigenvalue weighted by atomic mass is 19.1. The third kappa shape index (κ3) is 7.11. The maximum atomic E-state index is 15.1. The molecule has 52 heavy (non-hydrogen) atoms. The van der Waals surface area contributed by atoms with Gasteiger partial charge < -0.3 is 27.9 Å². The lowest BCUT2D eigenvalue weighted by Gasteiger charge is -2.28. The minimum Gasteiger partial charge on any atom is -0.490 e. The van der Waals surface area contributed by atoms with E-state index in [1.807, 2.05) is 50.2 Å². The molecule has 0 atom stereocenters. The maximum absolute atomic E-state index is 15.1. The van der Waals surface area contributed by atoms with Gasteiger partial charge in [0, 0.05) is 12.2 Å². The van der Waals surface area contributed by atoms with E-state index in [1.165, 1.54) is 24.3 Å². The molecule has 1 aliphatic heterocycles. The molecule has 7 rings (SSSR count). The van der Waals surface area contributed by atoms with Crippen LogP contribution in [0.25, 0.3) is 11.1 Å². The number of nitrogens with zero attached hydrogens (tertiary/aromatic N) is 2. The van der Waals surface area contributed by atoms with Crippen molar-refractivity contribution in [2.75, 3.05) is 29.5 Å². The Morgan fingerprint density at radius 1 is 0.750 bits per heavy atom. The minimum atomic E-state index is -0.654. The quantitative estimate of drug-likeness (QED) is 0.133. The zero-order valence-electron chi connectivity index (χ0n) is 28.4. The monoisotopic (exact) mass is 704 g/mol. The first kappa shape index (κ1) is 34.1. The van der Waals surface area contributed by atoms with E-state index in [1.54, 1.807) is 58.3 Å². The van der Waals surface area contributed by atoms with E-state index in [0.717, 1.165) is 11.3 Å². The second-order valence-electron chi connectivity index (χ2n) is 12.0. The molecular weight excluding hydrogens is 670 g/mol. The number of carbonyl (C=O) groups excluding carboxylic acids is 2. The number of hydrogen-bond acceptors (Lipinski definition) is 7. The lowest BCUT2D eigenvalue weighted by atomic mass is 10.0. The van der Waals surface area contributed by atoms with Crippen LogP contribution in [0.3, 0.4) is 0 Å². The van der Waals surface area contributed by atoms with Crippen LogP contribution >= 0.6 is 0 Å². The van der Waals surface area contributed by atoms with Crippen LogP contribution in [0.2, 0.25) is 0 Å². The number of hydrogen-bond donors (Lipinski definition) is 0. The average Bonchev–Trinajstić information content (AvgIpc) is 3.85. The first-order valence-corrected chi connectivity index (χ1v) is 16.7. The van der Waals surface area contributed by atoms with Gasteiger partial charge in [0.2, 0.25) is 0 Å². The van der Waals surface area contributed by atoms with E-state index in [0.29, 0.717) is 53.8 Å². The lowest BCUT2D eigenvalue weighted by molar-refractivity contribution is 0.0942. The molecule has 6 aromatic rings. The number of ether oxygens (including phenoxy) is 3. The van der Waals surface area contributed by atoms with Gasteiger partial charge in [0.15, 0.2) is 34.7 Å². The zero-order chi connectivity index (χ0) is 36.2. The molecule has 11 heteroatoms. The number of halogens is 2. The van der Waals surface area contributed by atoms with Gasteiger partial charge in [0.1, 0.15) is 37.1 Å². The van der Waals surface area contributed by atoms with E-state index in [2.05, 4.69) is 0 Å². The Hall–Kier alpha value is -6.36. The highest BCUT2D eigenvalue weighted by molar-refractivity contribution is 6.05. The SMILES string of the molecule is CCN(C(=O)c1ccc(COc2ccc(-c3ccc(OCc4ccc(C(=O)N5CCOc6ccccc65)o4)c(F)c3)cc2F)o1)c1ccccc1C. The average molecular weight is 705 g/mol. The van der Waals surface area contributed by atoms with Crippen molar-refractivity contribution in [3.05, 3.63) is 149 Å². The van der Waals surface area contributed by atoms with E-state index in [-0.39, 0.29) is 48.0 Å². The van der Waals surface area contributed by atoms with Crippen molar-refractivity contribution in [3.8, 4) is 28.4 Å². The number of benzene rings is 4. The Morgan fingerprint density at radius 3 is 1.98 bits per heavy atom. The Balaban J connectivity index is 0.948. The van der Waals surface area contributed by atoms with Crippen LogP contribution in [0.15, 0.2) is 118 Å². The van der Waals surface area contributed by atoms with Gasteiger partial charge in [-0.25, -0.2) is 8.78 Å². The van der Waals surface area contributed by atoms with Crippen molar-refractivity contribution in [3.63, 3.8) is 0 Å². The van der Waals surface area contributed by atoms with Crippen LogP contribution in [0.4, 0.5) is 20.2 Å². The molecule has 0 saturated carbocycles. The fourth-order valence-corrected chi connectivity index (χ4v) is 5.97. The van der Waals surface area contributed by atoms with E-state index in [4.69, 9.17) is 23.0 Å². The minimum absolute atomic E-state index is 0.0299. The van der Waals surface area contributed by atoms with E-state index in [9.17, 15) is 9.59 Å². The van der Waals surface area contributed by atoms with Crippen molar-refractivity contribution < 1.29 is 41.4 Å². The number of para-hydroxylation sites is 3. The van der Waals surface area contributed by atoms with Crippen molar-refractivity contribution in [1.82, 2.24) is 0 Å². The smallest absolute Gasteiger partial charge is 0.294 e. The fourth-order valence-electron chi connectivity index (χ4n) is 5.97. The molecular formula is C41H34F2N2O7. The number of furan rings is 2. The summed E-state index contributed by atoms with van der Waals surface area (Å²) in [5.74, 6) is -0.393. The van der Waals surface area contributed by atoms with Crippen LogP contribution in [0, 0.1) is 18.6 Å². The number of aryl methyl sites for hydroxylation is 1. The summed E-state index contributed by atoms with van der Waals surface area (Å²) in [5.41, 5.74) is 3.27. The molecule has 9 nitrogen and oxygen atoms in total. The molecule has 0 bridgehead atoms. The van der Waals surface area contributed by atoms with Gasteiger partial charge in [0.25, 0.3) is 11.8 Å². The highest BCUT2D eigenvalue weighted by Crippen LogP contribution is 2.33. The molecule has 0 saturated heterocycles. The molecule has 264 valence electrons. The van der Waals surface area contributed by atoms with Crippen LogP contribution in [-0.2, 0) is 13.2 Å². The number of fused-ring (bicyclic) bond motifs is 1. The van der Waals surface area contributed by atoms with Crippen LogP contribution in [-0.4, -0.2) is 31.5 Å². The van der Waals surface area contributed by atoms with Crippen molar-refractivity contribution in [1.29, 1.82) is 0 Å². The van der Waals surface area contributed by atoms with Crippen LogP contribution in [0.5, 0.6) is 17.2 Å². The third-order valence-corrected chi connectivity index (χ3v) is 8.62. The maximum Gasteiger partial charge on any atom is 0.294 e. The Kier molecular flexibility index (Phi) is 9.75. The summed E-state index contributed by atoms with van der Waals surface area (Å²) in [4.78, 5) is 29.5. The van der Waals surface area contributed by atoms with Crippen molar-refractivity contribution in [2.24, 2.45) is 0 Å². The lowest BCUT2D eigenvalue weighted by Crippen LogP contribution is -2.37. The summed E-state index contributed by atoms with van der Waals surface area (Å²) in [6.07, 6.45) is 0. The molecule has 0 spiro atoms. The van der Waals surface area contributed by atoms with Gasteiger partial charge in [-0.2, -0.15) is 0 Å². The standard InChI is InChI=1S/C41H34F2N2O7/c1-3-44(33-9-5-4-8-26(33)2)40(46)38-18-14-29(51-38)24-49-35-16-12-27(22-31(35)42)28-13-17-36(32(43)23-28)50-25-30-15-19-39(52-30)41(47)45-20-21-48-37-11-7-6-10-34(37)45/h4-19,22-23H,3,20-21,24-25H2,1-2H3. The molecule has 0 fully saturated rings. The van der Waals surface area contributed by atoms with Gasteiger partial charge in [-0.3, -0.25) is 14.5 Å². The molecule has 0 radical (unpaired) electrons. The summed E-state index contributed by atoms with van der Waals surface area (Å²) in [7, 11) is 0. The Morgan fingerprint density at radius 2 is 1.35 bits per heavy atom. The number of rotatable bonds is 11. The van der Waals surface area contributed by atoms with Crippen molar-refractivity contribution >= 4 is 23.2 Å². The van der Waals surface area contributed by atoms with E-state index < -0.39 is 11.6 Å². The second-order valence-corrected chi connectivity index (χ2v) is 12.0. The zero-order valence-corrected chi connectivity index (χ0v) is 28.4. The topological polar surface area (TPSA) is 94.6 Å². The Bertz CT molecular complexity index is 2140. The predicted molar refractivity (Wildman–Crippen MR) is 190 cm³/mol. The summed E-state index contributed by atoms with van der Waals surface area (Å²) >= 11 is 0. The summed E-state index contributed by atoms with van der Waals surface area (Å²) in [6.45, 7) is 4.80. The van der Waals surface area contributed by atoms with Gasteiger partial charge in [0.05, 0.1) is 12.2 Å². The molecule has 0 unspecified atom stereocenters. The fraction of sp³-hybridized carbons (Fsp3) is 0.171. The first-order chi connectivity index (χ1) is 25.3. The van der Waals surface area contributed by atoms with Gasteiger partial charge >= 0.3 is 0 Å². The molecule has 2 amide bonds. The summed E-state index contributed by atoms with van der Waals surface area (Å²) in [6, 6.07) is 29.8. The van der Waals surface area contributed by atoms with E-state index >= 15 is 8.78 Å². The second kappa shape index (κ2) is 14.9. The van der Waals surface area contributed by atoms with Gasteiger partial charge in [-0.1, -0.05) is 42.5 Å². The first-order valence-electron chi connectivity index (χ1n) is 16.7. The molecule has 1 aliphatic rings. The highest BCUT2D eigenvalue weighted by Gasteiger charge is 2.27. The molecule has 0 aliphatic carbocycles. The number of carbonyl (C=O) groups is 2. The normalized spacial score (nSPS) is 12.2. The molecule has 4 aromatic carbocycles. The van der Waals surface area contributed by atoms with Gasteiger partial charge in [-0.15, -0.1) is 0 Å². The van der Waals surface area contributed by atoms with Crippen LogP contribution in [0.1, 0.15) is 45.1 Å². The predicted octanol–water partition coefficient (Wildman–Crippen LogP) is 8.99. The van der Waals surface area contributed by atoms with Crippen LogP contribution < -0.4 is 24.0 Å². The van der Waals surface area contributed by atoms with Crippen molar-refractivity contribution in [2.45, 2.75) is 27.1 Å². The van der Waals surface area contributed by atoms with Gasteiger partial charge in [-0.05, 0) is 97.3 Å². The summed E-state index contributed by atoms with van der Waals surface area (Å²) in [5, 5.41) is 0. The number of amides is 2. The largest absolute Gasteiger partial charge is 0.490 e. The third-order valence-electron chi connectivity index (χ3n) is 8.62. The Labute approximate surface area is 298 Å². The number of anilines is 2. The molecule has 0 N–H and O–H groups in total. The molecule has 3 heterocycles. The molecule has 2 aromatic heterocycles. The summed E-state index contributed by atoms with van der Waals surface area (Å²) < 4.78 is 58.6.